The highest BCUT2D eigenvalue weighted by Crippen LogP contribution is 2.28. The van der Waals surface area contributed by atoms with Gasteiger partial charge in [-0.15, -0.1) is 0 Å². The van der Waals surface area contributed by atoms with Crippen LogP contribution in [0.1, 0.15) is 47.5 Å². The van der Waals surface area contributed by atoms with E-state index in [9.17, 15) is 24.3 Å². The summed E-state index contributed by atoms with van der Waals surface area (Å²) in [5.74, 6) is -3.88. The number of amides is 3. The second-order valence-corrected chi connectivity index (χ2v) is 6.46. The van der Waals surface area contributed by atoms with E-state index in [1.165, 1.54) is 13.8 Å². The van der Waals surface area contributed by atoms with Gasteiger partial charge in [0.1, 0.15) is 5.60 Å². The lowest BCUT2D eigenvalue weighted by Crippen LogP contribution is -2.73. The van der Waals surface area contributed by atoms with Gasteiger partial charge in [0.2, 0.25) is 11.8 Å². The number of carbonyl (C=O) groups is 4. The van der Waals surface area contributed by atoms with Gasteiger partial charge in [-0.3, -0.25) is 19.8 Å². The van der Waals surface area contributed by atoms with Gasteiger partial charge < -0.3 is 14.6 Å². The Labute approximate surface area is 128 Å². The summed E-state index contributed by atoms with van der Waals surface area (Å²) in [6.45, 7) is 7.75. The summed E-state index contributed by atoms with van der Waals surface area (Å²) >= 11 is 0. The van der Waals surface area contributed by atoms with E-state index in [0.29, 0.717) is 4.90 Å². The summed E-state index contributed by atoms with van der Waals surface area (Å²) in [5.41, 5.74) is -3.13. The minimum absolute atomic E-state index is 0.101. The molecule has 0 radical (unpaired) electrons. The number of carboxylic acids is 1. The highest BCUT2D eigenvalue weighted by molar-refractivity contribution is 6.06. The second kappa shape index (κ2) is 5.94. The Balaban J connectivity index is 3.23. The first-order chi connectivity index (χ1) is 9.91. The van der Waals surface area contributed by atoms with Gasteiger partial charge >= 0.3 is 6.09 Å². The average molecular weight is 313 g/mol. The van der Waals surface area contributed by atoms with E-state index in [2.05, 4.69) is 5.32 Å². The third kappa shape index (κ3) is 3.37. The summed E-state index contributed by atoms with van der Waals surface area (Å²) < 4.78 is 5.03. The van der Waals surface area contributed by atoms with Crippen LogP contribution in [0, 0.1) is 5.92 Å². The van der Waals surface area contributed by atoms with Crippen LogP contribution in [-0.4, -0.2) is 40.0 Å². The van der Waals surface area contributed by atoms with Gasteiger partial charge in [-0.05, 0) is 20.8 Å². The van der Waals surface area contributed by atoms with Crippen LogP contribution in [0.25, 0.3) is 0 Å². The summed E-state index contributed by atoms with van der Waals surface area (Å²) in [6.07, 6.45) is -1.24. The molecule has 0 aromatic carbocycles. The minimum atomic E-state index is -2.27. The maximum absolute atomic E-state index is 12.0. The maximum Gasteiger partial charge on any atom is 0.409 e. The Bertz CT molecular complexity index is 492. The van der Waals surface area contributed by atoms with Crippen molar-refractivity contribution in [3.05, 3.63) is 0 Å². The molecule has 1 aliphatic heterocycles. The molecular weight excluding hydrogens is 292 g/mol. The number of likely N-dealkylation sites (tertiary alicyclic amines) is 1. The van der Waals surface area contributed by atoms with Gasteiger partial charge in [-0.1, -0.05) is 13.8 Å². The first-order valence-corrected chi connectivity index (χ1v) is 7.00. The van der Waals surface area contributed by atoms with Gasteiger partial charge in [0.05, 0.1) is 5.97 Å². The first-order valence-electron chi connectivity index (χ1n) is 7.00. The van der Waals surface area contributed by atoms with E-state index >= 15 is 0 Å². The van der Waals surface area contributed by atoms with Crippen LogP contribution in [0.15, 0.2) is 0 Å². The number of aliphatic carboxylic acids is 1. The van der Waals surface area contributed by atoms with Crippen molar-refractivity contribution in [2.24, 2.45) is 5.92 Å². The van der Waals surface area contributed by atoms with Gasteiger partial charge in [-0.2, -0.15) is 0 Å². The van der Waals surface area contributed by atoms with Crippen LogP contribution >= 0.6 is 0 Å². The topological polar surface area (TPSA) is 116 Å². The Morgan fingerprint density at radius 1 is 1.18 bits per heavy atom. The number of imide groups is 1. The van der Waals surface area contributed by atoms with Crippen molar-refractivity contribution in [3.8, 4) is 0 Å². The second-order valence-electron chi connectivity index (χ2n) is 6.46. The van der Waals surface area contributed by atoms with Crippen molar-refractivity contribution >= 4 is 23.9 Å². The van der Waals surface area contributed by atoms with Crippen molar-refractivity contribution in [2.75, 3.05) is 0 Å². The summed E-state index contributed by atoms with van der Waals surface area (Å²) in [7, 11) is 0. The maximum atomic E-state index is 12.0. The zero-order valence-corrected chi connectivity index (χ0v) is 13.4. The number of ether oxygens (including phenoxy) is 1. The van der Waals surface area contributed by atoms with E-state index in [1.807, 2.05) is 0 Å². The molecule has 1 rings (SSSR count). The Morgan fingerprint density at radius 3 is 1.95 bits per heavy atom. The van der Waals surface area contributed by atoms with E-state index < -0.39 is 41.1 Å². The molecule has 8 nitrogen and oxygen atoms in total. The molecule has 1 saturated heterocycles. The van der Waals surface area contributed by atoms with Crippen LogP contribution in [0.2, 0.25) is 0 Å². The third-order valence-corrected chi connectivity index (χ3v) is 3.24. The fourth-order valence-corrected chi connectivity index (χ4v) is 2.27. The largest absolute Gasteiger partial charge is 0.545 e. The molecule has 1 heterocycles. The van der Waals surface area contributed by atoms with Crippen LogP contribution in [0.3, 0.4) is 0 Å². The number of carboxylic acid groups (broad SMARTS) is 1. The first kappa shape index (κ1) is 17.9. The van der Waals surface area contributed by atoms with Gasteiger partial charge in [0.15, 0.2) is 5.66 Å². The summed E-state index contributed by atoms with van der Waals surface area (Å²) in [4.78, 5) is 48.1. The lowest BCUT2D eigenvalue weighted by atomic mass is 9.94. The fourth-order valence-electron chi connectivity index (χ4n) is 2.27. The van der Waals surface area contributed by atoms with Gasteiger partial charge in [0, 0.05) is 18.8 Å². The number of nitrogens with one attached hydrogen (secondary N) is 1. The fraction of sp³-hybridized carbons (Fsp3) is 0.714. The van der Waals surface area contributed by atoms with Crippen molar-refractivity contribution in [1.29, 1.82) is 0 Å². The van der Waals surface area contributed by atoms with E-state index in [4.69, 9.17) is 4.74 Å². The molecule has 22 heavy (non-hydrogen) atoms. The zero-order chi connectivity index (χ0) is 17.3. The third-order valence-electron chi connectivity index (χ3n) is 3.24. The summed E-state index contributed by atoms with van der Waals surface area (Å²) in [5, 5.41) is 13.9. The monoisotopic (exact) mass is 313 g/mol. The molecule has 1 atom stereocenters. The highest BCUT2D eigenvalue weighted by atomic mass is 16.6. The predicted molar refractivity (Wildman–Crippen MR) is 73.0 cm³/mol. The molecule has 3 amide bonds. The molecule has 1 fully saturated rings. The molecule has 8 heteroatoms. The summed E-state index contributed by atoms with van der Waals surface area (Å²) in [6, 6.07) is 0. The van der Waals surface area contributed by atoms with Crippen molar-refractivity contribution in [3.63, 3.8) is 0 Å². The van der Waals surface area contributed by atoms with Gasteiger partial charge in [0.25, 0.3) is 0 Å². The molecule has 1 N–H and O–H groups in total. The molecule has 1 aliphatic rings. The van der Waals surface area contributed by atoms with Crippen LogP contribution in [-0.2, 0) is 19.1 Å². The van der Waals surface area contributed by atoms with Gasteiger partial charge in [-0.25, -0.2) is 4.79 Å². The molecule has 0 unspecified atom stereocenters. The lowest BCUT2D eigenvalue weighted by molar-refractivity contribution is -0.322. The standard InChI is InChI=1S/C14H22N2O6/c1-8(2)14(11(19)20,15-12(21)22-13(3,4)5)16-9(17)6-7-10(16)18/h8H,6-7H2,1-5H3,(H,15,21)(H,19,20)/p-1/t14-/m0/s1. The number of rotatable bonds is 4. The molecule has 0 aromatic rings. The Kier molecular flexibility index (Phi) is 4.84. The smallest absolute Gasteiger partial charge is 0.409 e. The van der Waals surface area contributed by atoms with Crippen molar-refractivity contribution in [2.45, 2.75) is 58.7 Å². The van der Waals surface area contributed by atoms with Crippen LogP contribution in [0.5, 0.6) is 0 Å². The normalized spacial score (nSPS) is 18.4. The van der Waals surface area contributed by atoms with Crippen molar-refractivity contribution < 1.29 is 29.0 Å². The molecule has 0 aromatic heterocycles. The predicted octanol–water partition coefficient (Wildman–Crippen LogP) is -0.238. The number of hydrogen-bond donors (Lipinski definition) is 1. The van der Waals surface area contributed by atoms with Crippen LogP contribution < -0.4 is 10.4 Å². The zero-order valence-electron chi connectivity index (χ0n) is 13.4. The molecular formula is C14H21N2O6-. The van der Waals surface area contributed by atoms with Crippen molar-refractivity contribution in [1.82, 2.24) is 10.2 Å². The quantitative estimate of drug-likeness (QED) is 0.716. The molecule has 0 bridgehead atoms. The SMILES string of the molecule is CC(C)[C@@](NC(=O)OC(C)(C)C)(C(=O)[O-])N1C(=O)CCC1=O. The molecule has 0 aliphatic carbocycles. The minimum Gasteiger partial charge on any atom is -0.545 e. The number of alkyl carbamates (subject to hydrolysis) is 1. The van der Waals surface area contributed by atoms with E-state index in [0.717, 1.165) is 0 Å². The Morgan fingerprint density at radius 2 is 1.64 bits per heavy atom. The van der Waals surface area contributed by atoms with Crippen LogP contribution in [0.4, 0.5) is 4.79 Å². The number of carbonyl (C=O) groups excluding carboxylic acids is 4. The molecule has 124 valence electrons. The Hall–Kier alpha value is -2.12. The number of nitrogens with zero attached hydrogens (tertiary/aromatic N) is 1. The average Bonchev–Trinajstić information content (AvgIpc) is 2.63. The van der Waals surface area contributed by atoms with E-state index in [-0.39, 0.29) is 12.8 Å². The molecule has 0 saturated carbocycles. The number of hydrogen-bond acceptors (Lipinski definition) is 6. The molecule has 0 spiro atoms. The lowest BCUT2D eigenvalue weighted by Gasteiger charge is -2.44. The highest BCUT2D eigenvalue weighted by Gasteiger charge is 2.51. The van der Waals surface area contributed by atoms with E-state index in [1.54, 1.807) is 20.8 Å².